The van der Waals surface area contributed by atoms with E-state index in [1.54, 1.807) is 18.2 Å². The van der Waals surface area contributed by atoms with Gasteiger partial charge in [-0.2, -0.15) is 4.98 Å². The zero-order valence-electron chi connectivity index (χ0n) is 9.77. The highest BCUT2D eigenvalue weighted by Crippen LogP contribution is 2.21. The second kappa shape index (κ2) is 4.87. The minimum Gasteiger partial charge on any atom is -0.497 e. The number of rotatable bonds is 4. The standard InChI is InChI=1S/C12H12N2O4/c1-18-7-2-3-9-8(6-7)10(4-5-11(15)16)14-12(17)13-9/h2-3,6H,4-5H2,1H3,(H,15,16)(H,13,14,17). The van der Waals surface area contributed by atoms with Crippen molar-refractivity contribution in [1.29, 1.82) is 0 Å². The molecule has 0 fully saturated rings. The predicted molar refractivity (Wildman–Crippen MR) is 64.9 cm³/mol. The van der Waals surface area contributed by atoms with E-state index in [1.807, 2.05) is 0 Å². The van der Waals surface area contributed by atoms with Gasteiger partial charge >= 0.3 is 11.7 Å². The van der Waals surface area contributed by atoms with Crippen molar-refractivity contribution in [3.05, 3.63) is 34.4 Å². The molecule has 2 aromatic rings. The van der Waals surface area contributed by atoms with Crippen LogP contribution in [0, 0.1) is 0 Å². The van der Waals surface area contributed by atoms with Crippen LogP contribution in [0.4, 0.5) is 0 Å². The fourth-order valence-corrected chi connectivity index (χ4v) is 1.74. The number of hydrogen-bond acceptors (Lipinski definition) is 4. The van der Waals surface area contributed by atoms with E-state index in [0.29, 0.717) is 22.3 Å². The lowest BCUT2D eigenvalue weighted by atomic mass is 10.1. The quantitative estimate of drug-likeness (QED) is 0.840. The van der Waals surface area contributed by atoms with Crippen LogP contribution >= 0.6 is 0 Å². The first-order valence-electron chi connectivity index (χ1n) is 5.39. The molecule has 6 nitrogen and oxygen atoms in total. The number of aliphatic carboxylic acids is 1. The Morgan fingerprint density at radius 2 is 2.28 bits per heavy atom. The van der Waals surface area contributed by atoms with E-state index < -0.39 is 11.7 Å². The summed E-state index contributed by atoms with van der Waals surface area (Å²) < 4.78 is 5.10. The van der Waals surface area contributed by atoms with Crippen LogP contribution in [0.3, 0.4) is 0 Å². The molecular formula is C12H12N2O4. The SMILES string of the molecule is COc1ccc2nc(=O)[nH]c(CCC(=O)O)c2c1. The molecule has 0 saturated heterocycles. The number of nitrogens with one attached hydrogen (secondary N) is 1. The lowest BCUT2D eigenvalue weighted by Gasteiger charge is -2.06. The van der Waals surface area contributed by atoms with Crippen molar-refractivity contribution in [2.24, 2.45) is 0 Å². The Kier molecular flexibility index (Phi) is 3.27. The monoisotopic (exact) mass is 248 g/mol. The lowest BCUT2D eigenvalue weighted by Crippen LogP contribution is -2.14. The summed E-state index contributed by atoms with van der Waals surface area (Å²) in [5, 5.41) is 9.39. The maximum atomic E-state index is 11.4. The summed E-state index contributed by atoms with van der Waals surface area (Å²) >= 11 is 0. The van der Waals surface area contributed by atoms with Gasteiger partial charge in [0.15, 0.2) is 0 Å². The van der Waals surface area contributed by atoms with Gasteiger partial charge in [-0.25, -0.2) is 4.79 Å². The zero-order chi connectivity index (χ0) is 13.1. The molecule has 0 amide bonds. The molecule has 0 aliphatic carbocycles. The van der Waals surface area contributed by atoms with Gasteiger partial charge in [0.25, 0.3) is 0 Å². The van der Waals surface area contributed by atoms with Crippen LogP contribution < -0.4 is 10.4 Å². The topological polar surface area (TPSA) is 92.3 Å². The van der Waals surface area contributed by atoms with Gasteiger partial charge in [-0.15, -0.1) is 0 Å². The molecule has 1 aromatic carbocycles. The maximum Gasteiger partial charge on any atom is 0.345 e. The van der Waals surface area contributed by atoms with Crippen LogP contribution in [0.1, 0.15) is 12.1 Å². The summed E-state index contributed by atoms with van der Waals surface area (Å²) in [6.45, 7) is 0. The van der Waals surface area contributed by atoms with E-state index in [4.69, 9.17) is 9.84 Å². The summed E-state index contributed by atoms with van der Waals surface area (Å²) in [4.78, 5) is 28.3. The second-order valence-electron chi connectivity index (χ2n) is 3.80. The Labute approximate surface area is 102 Å². The number of nitrogens with zero attached hydrogens (tertiary/aromatic N) is 1. The highest BCUT2D eigenvalue weighted by Gasteiger charge is 2.08. The number of fused-ring (bicyclic) bond motifs is 1. The summed E-state index contributed by atoms with van der Waals surface area (Å²) in [6, 6.07) is 5.11. The molecule has 0 spiro atoms. The minimum absolute atomic E-state index is 0.0493. The Morgan fingerprint density at radius 3 is 2.94 bits per heavy atom. The Hall–Kier alpha value is -2.37. The number of hydrogen-bond donors (Lipinski definition) is 2. The molecule has 0 atom stereocenters. The van der Waals surface area contributed by atoms with Crippen LogP contribution in [0.2, 0.25) is 0 Å². The van der Waals surface area contributed by atoms with E-state index in [0.717, 1.165) is 0 Å². The molecule has 94 valence electrons. The number of methoxy groups -OCH3 is 1. The Bertz CT molecular complexity index is 648. The summed E-state index contributed by atoms with van der Waals surface area (Å²) in [5.41, 5.74) is 0.610. The molecule has 0 bridgehead atoms. The molecule has 0 aliphatic rings. The van der Waals surface area contributed by atoms with Crippen molar-refractivity contribution in [3.63, 3.8) is 0 Å². The molecule has 0 radical (unpaired) electrons. The average Bonchev–Trinajstić information content (AvgIpc) is 2.35. The van der Waals surface area contributed by atoms with Gasteiger partial charge in [-0.3, -0.25) is 4.79 Å². The maximum absolute atomic E-state index is 11.4. The predicted octanol–water partition coefficient (Wildman–Crippen LogP) is 0.949. The number of aromatic amines is 1. The fraction of sp³-hybridized carbons (Fsp3) is 0.250. The lowest BCUT2D eigenvalue weighted by molar-refractivity contribution is -0.136. The number of aromatic nitrogens is 2. The smallest absolute Gasteiger partial charge is 0.345 e. The first-order valence-corrected chi connectivity index (χ1v) is 5.39. The molecule has 0 aliphatic heterocycles. The molecule has 0 unspecified atom stereocenters. The van der Waals surface area contributed by atoms with Gasteiger partial charge in [0, 0.05) is 11.1 Å². The first-order chi connectivity index (χ1) is 8.60. The highest BCUT2D eigenvalue weighted by atomic mass is 16.5. The summed E-state index contributed by atoms with van der Waals surface area (Å²) in [7, 11) is 1.54. The molecule has 6 heteroatoms. The number of aryl methyl sites for hydroxylation is 1. The largest absolute Gasteiger partial charge is 0.497 e. The minimum atomic E-state index is -0.913. The van der Waals surface area contributed by atoms with E-state index in [1.165, 1.54) is 7.11 Å². The van der Waals surface area contributed by atoms with Crippen LogP contribution in [-0.2, 0) is 11.2 Å². The number of carboxylic acid groups (broad SMARTS) is 1. The van der Waals surface area contributed by atoms with Gasteiger partial charge in [-0.05, 0) is 24.6 Å². The Morgan fingerprint density at radius 1 is 1.50 bits per heavy atom. The first kappa shape index (κ1) is 12.1. The van der Waals surface area contributed by atoms with Crippen molar-refractivity contribution in [2.75, 3.05) is 7.11 Å². The zero-order valence-corrected chi connectivity index (χ0v) is 9.77. The third-order valence-corrected chi connectivity index (χ3v) is 2.60. The van der Waals surface area contributed by atoms with Crippen molar-refractivity contribution in [3.8, 4) is 5.75 Å². The van der Waals surface area contributed by atoms with Crippen molar-refractivity contribution in [2.45, 2.75) is 12.8 Å². The molecule has 18 heavy (non-hydrogen) atoms. The molecule has 1 aromatic heterocycles. The Balaban J connectivity index is 2.54. The molecule has 0 saturated carbocycles. The van der Waals surface area contributed by atoms with E-state index in [-0.39, 0.29) is 12.8 Å². The third kappa shape index (κ3) is 2.48. The molecule has 2 rings (SSSR count). The van der Waals surface area contributed by atoms with Gasteiger partial charge in [-0.1, -0.05) is 0 Å². The van der Waals surface area contributed by atoms with Crippen LogP contribution in [0.5, 0.6) is 5.75 Å². The number of carbonyl (C=O) groups is 1. The van der Waals surface area contributed by atoms with Crippen molar-refractivity contribution < 1.29 is 14.6 Å². The molecule has 1 heterocycles. The van der Waals surface area contributed by atoms with Crippen molar-refractivity contribution >= 4 is 16.9 Å². The van der Waals surface area contributed by atoms with E-state index in [9.17, 15) is 9.59 Å². The summed E-state index contributed by atoms with van der Waals surface area (Å²) in [6.07, 6.45) is 0.197. The number of ether oxygens (including phenoxy) is 1. The van der Waals surface area contributed by atoms with Crippen LogP contribution in [0.15, 0.2) is 23.0 Å². The van der Waals surface area contributed by atoms with Gasteiger partial charge in [0.1, 0.15) is 5.75 Å². The van der Waals surface area contributed by atoms with Crippen molar-refractivity contribution in [1.82, 2.24) is 9.97 Å². The molecular weight excluding hydrogens is 236 g/mol. The normalized spacial score (nSPS) is 10.5. The van der Waals surface area contributed by atoms with Gasteiger partial charge in [0.05, 0.1) is 19.0 Å². The third-order valence-electron chi connectivity index (χ3n) is 2.60. The number of benzene rings is 1. The van der Waals surface area contributed by atoms with E-state index in [2.05, 4.69) is 9.97 Å². The summed E-state index contributed by atoms with van der Waals surface area (Å²) in [5.74, 6) is -0.281. The average molecular weight is 248 g/mol. The van der Waals surface area contributed by atoms with Crippen LogP contribution in [0.25, 0.3) is 10.9 Å². The highest BCUT2D eigenvalue weighted by molar-refractivity contribution is 5.82. The van der Waals surface area contributed by atoms with Gasteiger partial charge < -0.3 is 14.8 Å². The van der Waals surface area contributed by atoms with E-state index >= 15 is 0 Å². The fourth-order valence-electron chi connectivity index (χ4n) is 1.74. The number of carboxylic acids is 1. The van der Waals surface area contributed by atoms with Gasteiger partial charge in [0.2, 0.25) is 0 Å². The molecule has 2 N–H and O–H groups in total. The van der Waals surface area contributed by atoms with Crippen LogP contribution in [-0.4, -0.2) is 28.2 Å². The number of H-pyrrole nitrogens is 1. The second-order valence-corrected chi connectivity index (χ2v) is 3.80.